The highest BCUT2D eigenvalue weighted by atomic mass is 32.2. The average Bonchev–Trinajstić information content (AvgIpc) is 1.16. The van der Waals surface area contributed by atoms with Crippen molar-refractivity contribution in [2.24, 2.45) is 11.3 Å². The number of morpholine rings is 1. The summed E-state index contributed by atoms with van der Waals surface area (Å²) in [6.07, 6.45) is 11.0. The van der Waals surface area contributed by atoms with Crippen LogP contribution in [-0.4, -0.2) is 159 Å². The van der Waals surface area contributed by atoms with Crippen molar-refractivity contribution in [2.45, 2.75) is 119 Å². The zero-order valence-electron chi connectivity index (χ0n) is 49.6. The number of pyridine rings is 2. The number of nitro groups is 1. The Kier molecular flexibility index (Phi) is 15.9. The third-order valence-corrected chi connectivity index (χ3v) is 21.3. The van der Waals surface area contributed by atoms with Gasteiger partial charge in [-0.15, -0.1) is 0 Å². The molecular formula is C64H79N11O10S. The van der Waals surface area contributed by atoms with E-state index in [4.69, 9.17) is 28.9 Å². The lowest BCUT2D eigenvalue weighted by Gasteiger charge is -2.58. The van der Waals surface area contributed by atoms with Crippen molar-refractivity contribution in [3.63, 3.8) is 0 Å². The molecule has 4 saturated heterocycles. The molecule has 8 heterocycles. The maximum absolute atomic E-state index is 14.9. The number of methoxy groups -OCH3 is 1. The first kappa shape index (κ1) is 58.0. The Morgan fingerprint density at radius 1 is 0.919 bits per heavy atom. The number of aryl methyl sites for hydroxylation is 1. The number of fused-ring (bicyclic) bond motifs is 3. The lowest BCUT2D eigenvalue weighted by Crippen LogP contribution is -2.60. The molecule has 0 bridgehead atoms. The Morgan fingerprint density at radius 2 is 1.71 bits per heavy atom. The number of nitrogens with one attached hydrogen (secondary N) is 3. The van der Waals surface area contributed by atoms with Gasteiger partial charge in [0.1, 0.15) is 23.1 Å². The highest BCUT2D eigenvalue weighted by Crippen LogP contribution is 2.54. The highest BCUT2D eigenvalue weighted by Gasteiger charge is 2.51. The number of hydrogen-bond donors (Lipinski definition) is 4. The Balaban J connectivity index is 0.740. The summed E-state index contributed by atoms with van der Waals surface area (Å²) in [7, 11) is -2.92. The second kappa shape index (κ2) is 23.5. The summed E-state index contributed by atoms with van der Waals surface area (Å²) in [6.45, 7) is 14.8. The number of aliphatic hydroxyl groups is 1. The van der Waals surface area contributed by atoms with Gasteiger partial charge >= 0.3 is 0 Å². The zero-order valence-corrected chi connectivity index (χ0v) is 50.4. The molecule has 4 N–H and O–H groups in total. The molecule has 86 heavy (non-hydrogen) atoms. The zero-order chi connectivity index (χ0) is 59.5. The van der Waals surface area contributed by atoms with E-state index < -0.39 is 43.1 Å². The first-order valence-corrected chi connectivity index (χ1v) is 32.2. The van der Waals surface area contributed by atoms with Crippen molar-refractivity contribution in [1.82, 2.24) is 29.5 Å². The SMILES string of the molecule is COc1cc([C@@H](C)N2CCN(C3CC4(CCN(c5ccc(C(=O)NS(=O)(=O)c6ccc(NC[C@H]7CC[C@](C)(O)CC7)c([N+](=O)[O-])c6)c(N6c7cc8cc[nH]c8nc7O[C@H]7COCC[C@@H]76)c5)CC4)C3)[C@H](c3ccccc3C)C2)cnc1N1CCOCC1. The molecule has 5 aliphatic heterocycles. The number of H-pyrrole nitrogens is 1. The van der Waals surface area contributed by atoms with Crippen molar-refractivity contribution < 1.29 is 42.2 Å². The number of ether oxygens (including phenoxy) is 4. The van der Waals surface area contributed by atoms with Crippen LogP contribution in [0.15, 0.2) is 96.2 Å². The number of carbonyl (C=O) groups excluding carboxylic acids is 1. The molecule has 13 rings (SSSR count). The molecule has 2 aliphatic carbocycles. The van der Waals surface area contributed by atoms with Crippen LogP contribution in [0.25, 0.3) is 11.0 Å². The molecular weight excluding hydrogens is 1110 g/mol. The van der Waals surface area contributed by atoms with Crippen LogP contribution in [-0.2, 0) is 19.5 Å². The number of nitro benzene ring substituents is 1. The topological polar surface area (TPSA) is 233 Å². The van der Waals surface area contributed by atoms with E-state index in [1.54, 1.807) is 13.2 Å². The molecule has 22 heteroatoms. The van der Waals surface area contributed by atoms with Crippen LogP contribution in [0.3, 0.4) is 0 Å². The molecule has 0 unspecified atom stereocenters. The summed E-state index contributed by atoms with van der Waals surface area (Å²) < 4.78 is 55.0. The molecule has 3 aromatic carbocycles. The number of anilines is 5. The largest absolute Gasteiger partial charge is 0.493 e. The lowest BCUT2D eigenvalue weighted by atomic mass is 9.59. The van der Waals surface area contributed by atoms with Gasteiger partial charge in [0, 0.05) is 107 Å². The van der Waals surface area contributed by atoms with Gasteiger partial charge in [-0.25, -0.2) is 18.1 Å². The van der Waals surface area contributed by atoms with Crippen molar-refractivity contribution in [2.75, 3.05) is 106 Å². The smallest absolute Gasteiger partial charge is 0.293 e. The fraction of sp³-hybridized carbons (Fsp3) is 0.516. The number of rotatable bonds is 15. The minimum Gasteiger partial charge on any atom is -0.493 e. The number of aromatic amines is 1. The van der Waals surface area contributed by atoms with Gasteiger partial charge in [0.25, 0.3) is 21.6 Å². The molecule has 6 fully saturated rings. The van der Waals surface area contributed by atoms with Crippen LogP contribution in [0, 0.1) is 28.4 Å². The number of hydrogen-bond acceptors (Lipinski definition) is 18. The summed E-state index contributed by atoms with van der Waals surface area (Å²) >= 11 is 0. The number of nitrogens with zero attached hydrogens (tertiary/aromatic N) is 8. The number of carbonyl (C=O) groups is 1. The van der Waals surface area contributed by atoms with Crippen LogP contribution in [0.1, 0.15) is 111 Å². The molecule has 0 radical (unpaired) electrons. The van der Waals surface area contributed by atoms with E-state index >= 15 is 0 Å². The molecule has 1 spiro atoms. The van der Waals surface area contributed by atoms with Gasteiger partial charge in [-0.05, 0) is 155 Å². The second-order valence-electron chi connectivity index (χ2n) is 25.3. The summed E-state index contributed by atoms with van der Waals surface area (Å²) in [4.78, 5) is 51.4. The van der Waals surface area contributed by atoms with Gasteiger partial charge in [-0.2, -0.15) is 4.98 Å². The van der Waals surface area contributed by atoms with E-state index in [0.717, 1.165) is 119 Å². The van der Waals surface area contributed by atoms with Crippen molar-refractivity contribution in [3.05, 3.63) is 124 Å². The van der Waals surface area contributed by atoms with Crippen LogP contribution in [0.4, 0.5) is 34.3 Å². The van der Waals surface area contributed by atoms with E-state index in [1.807, 2.05) is 43.6 Å². The standard InChI is InChI=1S/C64H79N11O10S/c1-41-7-5-6-8-49(41)56-39-72(42(2)45-32-57(82-4)60(67-38-45)71-26-29-83-30-27-71)24-25-73(56)47-35-64(36-47)19-22-70(23-20-64)46-9-11-50(53(33-46)74-52-16-28-84-40-58(52)85-62-55(74)31-44-15-21-65-59(44)68-62)61(76)69-86(80,81)48-10-12-51(54(34-48)75(78)79)66-37-43-13-17-63(3,77)18-14-43/h5-12,15,21,31-34,38,42-43,47,52,56,58,66,77H,13-14,16-20,22-30,35-37,39-40H2,1-4H3,(H,65,68)(H,69,76)/t42-,43-,52+,56+,58+,63-/m1/s1. The first-order chi connectivity index (χ1) is 41.5. The number of amides is 1. The average molecular weight is 1190 g/mol. The molecule has 6 aromatic rings. The second-order valence-corrected chi connectivity index (χ2v) is 27.0. The number of aromatic nitrogens is 3. The molecule has 1 amide bonds. The molecule has 2 saturated carbocycles. The monoisotopic (exact) mass is 1190 g/mol. The highest BCUT2D eigenvalue weighted by molar-refractivity contribution is 7.90. The van der Waals surface area contributed by atoms with Crippen LogP contribution < -0.4 is 34.2 Å². The van der Waals surface area contributed by atoms with Crippen molar-refractivity contribution in [1.29, 1.82) is 0 Å². The van der Waals surface area contributed by atoms with Crippen LogP contribution in [0.2, 0.25) is 0 Å². The van der Waals surface area contributed by atoms with Crippen LogP contribution >= 0.6 is 0 Å². The van der Waals surface area contributed by atoms with Gasteiger partial charge in [-0.1, -0.05) is 24.3 Å². The Bertz CT molecular complexity index is 3610. The van der Waals surface area contributed by atoms with E-state index in [9.17, 15) is 28.4 Å². The Labute approximate surface area is 502 Å². The molecule has 456 valence electrons. The van der Waals surface area contributed by atoms with Crippen molar-refractivity contribution >= 4 is 61.2 Å². The van der Waals surface area contributed by atoms with E-state index in [2.05, 4.69) is 83.7 Å². The van der Waals surface area contributed by atoms with Gasteiger partial charge < -0.3 is 49.1 Å². The minimum atomic E-state index is -4.65. The maximum atomic E-state index is 14.9. The summed E-state index contributed by atoms with van der Waals surface area (Å²) in [6, 6.07) is 24.7. The number of sulfonamides is 1. The van der Waals surface area contributed by atoms with Gasteiger partial charge in [-0.3, -0.25) is 24.7 Å². The third kappa shape index (κ3) is 11.4. The van der Waals surface area contributed by atoms with E-state index in [0.29, 0.717) is 81.2 Å². The molecule has 3 aromatic heterocycles. The molecule has 4 atom stereocenters. The Hall–Kier alpha value is -7.08. The predicted octanol–water partition coefficient (Wildman–Crippen LogP) is 9.05. The number of piperazine rings is 1. The Morgan fingerprint density at radius 3 is 2.48 bits per heavy atom. The summed E-state index contributed by atoms with van der Waals surface area (Å²) in [5, 5.41) is 26.9. The fourth-order valence-corrected chi connectivity index (χ4v) is 15.7. The number of piperidine rings is 1. The van der Waals surface area contributed by atoms with Crippen LogP contribution in [0.5, 0.6) is 11.6 Å². The summed E-state index contributed by atoms with van der Waals surface area (Å²) in [5.74, 6) is 1.33. The predicted molar refractivity (Wildman–Crippen MR) is 328 cm³/mol. The quantitative estimate of drug-likeness (QED) is 0.0554. The third-order valence-electron chi connectivity index (χ3n) is 20.0. The minimum absolute atomic E-state index is 0.106. The molecule has 7 aliphatic rings. The number of benzene rings is 3. The summed E-state index contributed by atoms with van der Waals surface area (Å²) in [5.41, 5.74) is 5.81. The first-order valence-electron chi connectivity index (χ1n) is 30.7. The van der Waals surface area contributed by atoms with Gasteiger partial charge in [0.15, 0.2) is 11.6 Å². The van der Waals surface area contributed by atoms with Crippen molar-refractivity contribution in [3.8, 4) is 11.6 Å². The molecule has 21 nitrogen and oxygen atoms in total. The normalized spacial score (nSPS) is 25.0. The maximum Gasteiger partial charge on any atom is 0.293 e. The van der Waals surface area contributed by atoms with Gasteiger partial charge in [0.2, 0.25) is 5.88 Å². The fourth-order valence-electron chi connectivity index (χ4n) is 14.8. The van der Waals surface area contributed by atoms with E-state index in [1.165, 1.54) is 23.3 Å². The van der Waals surface area contributed by atoms with Gasteiger partial charge in [0.05, 0.1) is 59.6 Å². The lowest BCUT2D eigenvalue weighted by molar-refractivity contribution is -0.384. The van der Waals surface area contributed by atoms with E-state index in [-0.39, 0.29) is 40.7 Å².